The van der Waals surface area contributed by atoms with Crippen LogP contribution >= 0.6 is 0 Å². The molecule has 1 nitrogen and oxygen atoms in total. The number of benzene rings is 3. The highest BCUT2D eigenvalue weighted by molar-refractivity contribution is 5.45. The molecule has 35 heavy (non-hydrogen) atoms. The second-order valence-electron chi connectivity index (χ2n) is 9.19. The third kappa shape index (κ3) is 5.85. The van der Waals surface area contributed by atoms with E-state index in [0.29, 0.717) is 24.3 Å². The molecule has 182 valence electrons. The van der Waals surface area contributed by atoms with Crippen molar-refractivity contribution in [2.24, 2.45) is 5.92 Å². The number of hydrogen-bond acceptors (Lipinski definition) is 1. The number of hydrogen-bond donors (Lipinski definition) is 0. The zero-order chi connectivity index (χ0) is 25.2. The Hall–Kier alpha value is -3.33. The summed E-state index contributed by atoms with van der Waals surface area (Å²) < 4.78 is 78.0. The minimum absolute atomic E-state index is 0.102. The molecule has 1 aliphatic carbocycles. The van der Waals surface area contributed by atoms with Gasteiger partial charge in [-0.1, -0.05) is 49.3 Å². The summed E-state index contributed by atoms with van der Waals surface area (Å²) in [7, 11) is 0. The first kappa shape index (κ1) is 24.8. The van der Waals surface area contributed by atoms with Crippen LogP contribution in [0.25, 0.3) is 0 Å². The summed E-state index contributed by atoms with van der Waals surface area (Å²) in [6, 6.07) is 11.8. The van der Waals surface area contributed by atoms with Crippen LogP contribution in [-0.2, 0) is 6.11 Å². The molecule has 0 unspecified atom stereocenters. The molecule has 3 aromatic rings. The smallest absolute Gasteiger partial charge is 0.429 e. The van der Waals surface area contributed by atoms with Crippen molar-refractivity contribution in [3.8, 4) is 17.6 Å². The van der Waals surface area contributed by atoms with Crippen LogP contribution in [0.4, 0.5) is 22.0 Å². The monoisotopic (exact) mass is 484 g/mol. The van der Waals surface area contributed by atoms with Gasteiger partial charge in [-0.3, -0.25) is 0 Å². The molecule has 0 aliphatic heterocycles. The zero-order valence-electron chi connectivity index (χ0n) is 19.5. The van der Waals surface area contributed by atoms with Gasteiger partial charge in [0.15, 0.2) is 0 Å². The van der Waals surface area contributed by atoms with Gasteiger partial charge < -0.3 is 4.74 Å². The number of aryl methyl sites for hydroxylation is 1. The van der Waals surface area contributed by atoms with Crippen LogP contribution in [0.1, 0.15) is 66.3 Å². The summed E-state index contributed by atoms with van der Waals surface area (Å²) in [5.74, 6) is 1.96. The first-order valence-corrected chi connectivity index (χ1v) is 11.6. The van der Waals surface area contributed by atoms with Crippen LogP contribution in [0.2, 0.25) is 0 Å². The third-order valence-electron chi connectivity index (χ3n) is 6.41. The van der Waals surface area contributed by atoms with Crippen LogP contribution < -0.4 is 4.74 Å². The van der Waals surface area contributed by atoms with Gasteiger partial charge >= 0.3 is 6.11 Å². The number of halogens is 5. The fourth-order valence-corrected chi connectivity index (χ4v) is 4.37. The Kier molecular flexibility index (Phi) is 7.16. The Morgan fingerprint density at radius 2 is 1.34 bits per heavy atom. The van der Waals surface area contributed by atoms with Crippen molar-refractivity contribution >= 4 is 0 Å². The second-order valence-corrected chi connectivity index (χ2v) is 9.19. The van der Waals surface area contributed by atoms with E-state index in [1.807, 2.05) is 19.1 Å². The lowest BCUT2D eigenvalue weighted by molar-refractivity contribution is -0.187. The fraction of sp³-hybridized carbons (Fsp3) is 0.310. The van der Waals surface area contributed by atoms with Gasteiger partial charge in [0.05, 0.1) is 0 Å². The minimum Gasteiger partial charge on any atom is -0.429 e. The molecular formula is C29H25F5O. The molecular weight excluding hydrogens is 459 g/mol. The van der Waals surface area contributed by atoms with Crippen LogP contribution in [0, 0.1) is 42.1 Å². The molecule has 0 aromatic heterocycles. The van der Waals surface area contributed by atoms with Crippen molar-refractivity contribution in [2.45, 2.75) is 51.6 Å². The highest BCUT2D eigenvalue weighted by atomic mass is 19.3. The van der Waals surface area contributed by atoms with E-state index < -0.39 is 34.9 Å². The summed E-state index contributed by atoms with van der Waals surface area (Å²) in [6.07, 6.45) is -1.17. The Bertz CT molecular complexity index is 1240. The molecule has 4 rings (SSSR count). The maximum atomic E-state index is 14.7. The third-order valence-corrected chi connectivity index (χ3v) is 6.41. The van der Waals surface area contributed by atoms with Crippen molar-refractivity contribution in [1.29, 1.82) is 0 Å². The molecule has 1 aliphatic rings. The van der Waals surface area contributed by atoms with E-state index >= 15 is 0 Å². The molecule has 0 bridgehead atoms. The van der Waals surface area contributed by atoms with Crippen LogP contribution in [0.3, 0.4) is 0 Å². The van der Waals surface area contributed by atoms with Crippen LogP contribution in [0.5, 0.6) is 5.75 Å². The van der Waals surface area contributed by atoms with Gasteiger partial charge in [-0.25, -0.2) is 13.2 Å². The van der Waals surface area contributed by atoms with E-state index in [9.17, 15) is 22.0 Å². The van der Waals surface area contributed by atoms with Crippen molar-refractivity contribution in [2.75, 3.05) is 0 Å². The molecule has 0 saturated heterocycles. The molecule has 0 spiro atoms. The predicted octanol–water partition coefficient (Wildman–Crippen LogP) is 8.23. The van der Waals surface area contributed by atoms with Gasteiger partial charge in [0, 0.05) is 28.8 Å². The molecule has 1 saturated carbocycles. The Balaban J connectivity index is 1.52. The van der Waals surface area contributed by atoms with E-state index in [4.69, 9.17) is 0 Å². The Morgan fingerprint density at radius 3 is 1.94 bits per heavy atom. The standard InChI is InChI=1S/C29H25F5O/c1-18-3-7-20(8-4-18)9-10-21-11-14-24(25(30)15-21)29(33,34)35-23-16-26(31)28(27(32)17-23)22-12-5-19(2)6-13-22/h3-4,7-8,11,14-17,19,22H,5-6,12-13H2,1-2H3. The molecule has 3 aromatic carbocycles. The summed E-state index contributed by atoms with van der Waals surface area (Å²) in [4.78, 5) is 0. The highest BCUT2D eigenvalue weighted by Crippen LogP contribution is 2.40. The van der Waals surface area contributed by atoms with Gasteiger partial charge in [0.1, 0.15) is 28.8 Å². The highest BCUT2D eigenvalue weighted by Gasteiger charge is 2.38. The first-order chi connectivity index (χ1) is 16.6. The lowest BCUT2D eigenvalue weighted by Crippen LogP contribution is -2.24. The van der Waals surface area contributed by atoms with Crippen molar-refractivity contribution in [3.63, 3.8) is 0 Å². The topological polar surface area (TPSA) is 9.23 Å². The van der Waals surface area contributed by atoms with Crippen LogP contribution in [0.15, 0.2) is 54.6 Å². The maximum Gasteiger partial charge on any atom is 0.429 e. The predicted molar refractivity (Wildman–Crippen MR) is 125 cm³/mol. The molecule has 1 fully saturated rings. The lowest BCUT2D eigenvalue weighted by Gasteiger charge is -2.27. The van der Waals surface area contributed by atoms with Gasteiger partial charge in [-0.2, -0.15) is 8.78 Å². The van der Waals surface area contributed by atoms with E-state index in [2.05, 4.69) is 23.5 Å². The largest absolute Gasteiger partial charge is 0.429 e. The van der Waals surface area contributed by atoms with E-state index in [1.54, 1.807) is 12.1 Å². The summed E-state index contributed by atoms with van der Waals surface area (Å²) in [6.45, 7) is 4.02. The molecule has 6 heteroatoms. The Labute approximate surface area is 201 Å². The lowest BCUT2D eigenvalue weighted by atomic mass is 9.79. The molecule has 0 radical (unpaired) electrons. The van der Waals surface area contributed by atoms with E-state index in [1.165, 1.54) is 6.07 Å². The van der Waals surface area contributed by atoms with E-state index in [-0.39, 0.29) is 17.0 Å². The average Bonchev–Trinajstić information content (AvgIpc) is 2.79. The first-order valence-electron chi connectivity index (χ1n) is 11.6. The van der Waals surface area contributed by atoms with Crippen molar-refractivity contribution < 1.29 is 26.7 Å². The fourth-order valence-electron chi connectivity index (χ4n) is 4.37. The second kappa shape index (κ2) is 10.1. The summed E-state index contributed by atoms with van der Waals surface area (Å²) in [5, 5.41) is 0. The van der Waals surface area contributed by atoms with Gasteiger partial charge in [-0.15, -0.1) is 0 Å². The van der Waals surface area contributed by atoms with Crippen LogP contribution in [-0.4, -0.2) is 0 Å². The number of ether oxygens (including phenoxy) is 1. The van der Waals surface area contributed by atoms with Gasteiger partial charge in [0.25, 0.3) is 0 Å². The molecule has 0 amide bonds. The molecule has 0 heterocycles. The van der Waals surface area contributed by atoms with Crippen molar-refractivity contribution in [3.05, 3.63) is 99.9 Å². The number of alkyl halides is 2. The normalized spacial score (nSPS) is 18.0. The number of rotatable bonds is 4. The molecule has 0 N–H and O–H groups in total. The summed E-state index contributed by atoms with van der Waals surface area (Å²) >= 11 is 0. The van der Waals surface area contributed by atoms with Gasteiger partial charge in [-0.05, 0) is 61.9 Å². The molecule has 0 atom stereocenters. The quantitative estimate of drug-likeness (QED) is 0.268. The zero-order valence-corrected chi connectivity index (χ0v) is 19.5. The van der Waals surface area contributed by atoms with Gasteiger partial charge in [0.2, 0.25) is 0 Å². The summed E-state index contributed by atoms with van der Waals surface area (Å²) in [5.41, 5.74) is 0.806. The minimum atomic E-state index is -4.15. The average molecular weight is 485 g/mol. The Morgan fingerprint density at radius 1 is 0.771 bits per heavy atom. The van der Waals surface area contributed by atoms with Crippen molar-refractivity contribution in [1.82, 2.24) is 0 Å². The maximum absolute atomic E-state index is 14.7. The SMILES string of the molecule is Cc1ccc(C#Cc2ccc(C(F)(F)Oc3cc(F)c(C4CCC(C)CC4)c(F)c3)c(F)c2)cc1. The van der Waals surface area contributed by atoms with E-state index in [0.717, 1.165) is 42.7 Å².